The second kappa shape index (κ2) is 7.64. The molecule has 1 aromatic carbocycles. The topological polar surface area (TPSA) is 95.3 Å². The van der Waals surface area contributed by atoms with Crippen LogP contribution in [0.25, 0.3) is 0 Å². The monoisotopic (exact) mass is 415 g/mol. The van der Waals surface area contributed by atoms with Crippen LogP contribution in [0, 0.1) is 5.82 Å². The average Bonchev–Trinajstić information content (AvgIpc) is 3.40. The van der Waals surface area contributed by atoms with Gasteiger partial charge in [0.1, 0.15) is 12.1 Å². The Balaban J connectivity index is 1.57. The van der Waals surface area contributed by atoms with Crippen molar-refractivity contribution in [3.63, 3.8) is 0 Å². The van der Waals surface area contributed by atoms with Crippen molar-refractivity contribution in [2.24, 2.45) is 10.7 Å². The second-order valence-corrected chi connectivity index (χ2v) is 7.53. The van der Waals surface area contributed by atoms with E-state index in [-0.39, 0.29) is 30.8 Å². The lowest BCUT2D eigenvalue weighted by atomic mass is 10.0. The van der Waals surface area contributed by atoms with Crippen LogP contribution in [-0.4, -0.2) is 32.5 Å². The smallest absolute Gasteiger partial charge is 0.327 e. The van der Waals surface area contributed by atoms with Crippen molar-refractivity contribution in [1.82, 2.24) is 14.3 Å². The Morgan fingerprint density at radius 2 is 2.07 bits per heavy atom. The molecule has 1 aliphatic rings. The molecule has 0 atom stereocenters. The van der Waals surface area contributed by atoms with Gasteiger partial charge in [-0.3, -0.25) is 9.36 Å². The molecule has 4 rings (SSSR count). The molecule has 0 radical (unpaired) electrons. The van der Waals surface area contributed by atoms with Gasteiger partial charge in [0.25, 0.3) is 5.91 Å². The van der Waals surface area contributed by atoms with Crippen molar-refractivity contribution in [3.05, 3.63) is 85.7 Å². The molecular weight excluding hydrogens is 400 g/mol. The fourth-order valence-corrected chi connectivity index (χ4v) is 4.04. The second-order valence-electron chi connectivity index (χ2n) is 6.36. The van der Waals surface area contributed by atoms with Crippen LogP contribution in [0.3, 0.4) is 0 Å². The fraction of sp³-hybridized carbons (Fsp3) is 0.158. The van der Waals surface area contributed by atoms with E-state index in [1.165, 1.54) is 34.4 Å². The highest BCUT2D eigenvalue weighted by atomic mass is 32.1. The molecule has 0 bridgehead atoms. The quantitative estimate of drug-likeness (QED) is 0.667. The number of carbonyl (C=O) groups excluding carboxylic acids is 1. The summed E-state index contributed by atoms with van der Waals surface area (Å²) in [7, 11) is 0. The van der Waals surface area contributed by atoms with E-state index in [1.54, 1.807) is 18.2 Å². The first kappa shape index (κ1) is 19.1. The van der Waals surface area contributed by atoms with E-state index in [0.717, 1.165) is 9.56 Å². The van der Waals surface area contributed by atoms with Crippen molar-refractivity contribution >= 4 is 23.0 Å². The summed E-state index contributed by atoms with van der Waals surface area (Å²) >= 11 is 1.34. The number of nitrogens with two attached hydrogens (primary N) is 1. The molecule has 3 heterocycles. The minimum atomic E-state index is -0.600. The van der Waals surface area contributed by atoms with E-state index in [9.17, 15) is 18.4 Å². The number of benzene rings is 1. The van der Waals surface area contributed by atoms with Gasteiger partial charge in [-0.25, -0.2) is 23.2 Å². The number of halogens is 2. The first-order chi connectivity index (χ1) is 14.0. The average molecular weight is 415 g/mol. The van der Waals surface area contributed by atoms with E-state index in [0.29, 0.717) is 22.5 Å². The fourth-order valence-electron chi connectivity index (χ4n) is 3.03. The van der Waals surface area contributed by atoms with E-state index in [4.69, 9.17) is 5.73 Å². The molecule has 10 heteroatoms. The number of carbonyl (C=O) groups is 1. The summed E-state index contributed by atoms with van der Waals surface area (Å²) < 4.78 is 29.1. The number of aromatic nitrogens is 3. The van der Waals surface area contributed by atoms with Gasteiger partial charge in [-0.1, -0.05) is 12.1 Å². The summed E-state index contributed by atoms with van der Waals surface area (Å²) in [5.41, 5.74) is 6.13. The SMILES string of the molecule is NC/C(=C\F)Cn1ncn(Cc2ccc(C3=NC(=O)c4c(F)cccc43)s2)c1=O. The molecule has 29 heavy (non-hydrogen) atoms. The molecule has 0 spiro atoms. The molecule has 3 aromatic rings. The van der Waals surface area contributed by atoms with Crippen molar-refractivity contribution in [2.75, 3.05) is 6.54 Å². The minimum Gasteiger partial charge on any atom is -0.327 e. The molecular formula is C19H15F2N5O2S. The Bertz CT molecular complexity index is 1220. The normalized spacial score (nSPS) is 13.7. The molecule has 148 valence electrons. The number of aliphatic imine (C=N–C) groups is 1. The van der Waals surface area contributed by atoms with Crippen LogP contribution in [0.4, 0.5) is 8.78 Å². The van der Waals surface area contributed by atoms with Gasteiger partial charge in [-0.05, 0) is 23.8 Å². The third-order valence-corrected chi connectivity index (χ3v) is 5.56. The molecule has 0 unspecified atom stereocenters. The maximum atomic E-state index is 13.9. The summed E-state index contributed by atoms with van der Waals surface area (Å²) in [6.45, 7) is 0.223. The summed E-state index contributed by atoms with van der Waals surface area (Å²) in [6, 6.07) is 8.00. The van der Waals surface area contributed by atoms with E-state index >= 15 is 0 Å². The van der Waals surface area contributed by atoms with Gasteiger partial charge in [0.15, 0.2) is 0 Å². The maximum absolute atomic E-state index is 13.9. The highest BCUT2D eigenvalue weighted by molar-refractivity contribution is 7.14. The molecule has 2 aromatic heterocycles. The van der Waals surface area contributed by atoms with Gasteiger partial charge >= 0.3 is 5.69 Å². The Morgan fingerprint density at radius 3 is 2.83 bits per heavy atom. The zero-order valence-corrected chi connectivity index (χ0v) is 15.8. The van der Waals surface area contributed by atoms with Gasteiger partial charge in [0.2, 0.25) is 0 Å². The molecule has 0 saturated heterocycles. The first-order valence-electron chi connectivity index (χ1n) is 8.63. The van der Waals surface area contributed by atoms with Crippen LogP contribution in [0.2, 0.25) is 0 Å². The molecule has 0 aliphatic carbocycles. The van der Waals surface area contributed by atoms with Crippen molar-refractivity contribution < 1.29 is 13.6 Å². The predicted octanol–water partition coefficient (Wildman–Crippen LogP) is 2.10. The lowest BCUT2D eigenvalue weighted by molar-refractivity contribution is 0.100. The van der Waals surface area contributed by atoms with Crippen LogP contribution in [0.5, 0.6) is 0 Å². The van der Waals surface area contributed by atoms with Crippen molar-refractivity contribution in [3.8, 4) is 0 Å². The van der Waals surface area contributed by atoms with Crippen LogP contribution in [0.1, 0.15) is 25.7 Å². The summed E-state index contributed by atoms with van der Waals surface area (Å²) in [6.07, 6.45) is 1.75. The van der Waals surface area contributed by atoms with Crippen LogP contribution < -0.4 is 11.4 Å². The van der Waals surface area contributed by atoms with Crippen LogP contribution in [-0.2, 0) is 13.1 Å². The van der Waals surface area contributed by atoms with Gasteiger partial charge in [-0.15, -0.1) is 11.3 Å². The van der Waals surface area contributed by atoms with Crippen molar-refractivity contribution in [2.45, 2.75) is 13.1 Å². The highest BCUT2D eigenvalue weighted by Crippen LogP contribution is 2.29. The van der Waals surface area contributed by atoms with Crippen LogP contribution in [0.15, 0.2) is 58.3 Å². The summed E-state index contributed by atoms with van der Waals surface area (Å²) in [5.74, 6) is -1.20. The number of fused-ring (bicyclic) bond motifs is 1. The van der Waals surface area contributed by atoms with E-state index < -0.39 is 17.4 Å². The third-order valence-electron chi connectivity index (χ3n) is 4.48. The lowest BCUT2D eigenvalue weighted by Crippen LogP contribution is -2.26. The predicted molar refractivity (Wildman–Crippen MR) is 105 cm³/mol. The lowest BCUT2D eigenvalue weighted by Gasteiger charge is -2.02. The zero-order chi connectivity index (χ0) is 20.5. The van der Waals surface area contributed by atoms with Gasteiger partial charge < -0.3 is 5.73 Å². The number of hydrogen-bond donors (Lipinski definition) is 1. The largest absolute Gasteiger partial charge is 0.346 e. The number of amides is 1. The highest BCUT2D eigenvalue weighted by Gasteiger charge is 2.28. The van der Waals surface area contributed by atoms with Gasteiger partial charge in [0, 0.05) is 17.0 Å². The molecule has 1 aliphatic heterocycles. The van der Waals surface area contributed by atoms with E-state index in [2.05, 4.69) is 10.1 Å². The molecule has 0 fully saturated rings. The molecule has 2 N–H and O–H groups in total. The van der Waals surface area contributed by atoms with Gasteiger partial charge in [-0.2, -0.15) is 5.10 Å². The number of thiophene rings is 1. The zero-order valence-electron chi connectivity index (χ0n) is 15.0. The Morgan fingerprint density at radius 1 is 1.24 bits per heavy atom. The first-order valence-corrected chi connectivity index (χ1v) is 9.45. The van der Waals surface area contributed by atoms with Crippen molar-refractivity contribution in [1.29, 1.82) is 0 Å². The number of hydrogen-bond acceptors (Lipinski definition) is 5. The van der Waals surface area contributed by atoms with E-state index in [1.807, 2.05) is 0 Å². The number of nitrogens with zero attached hydrogens (tertiary/aromatic N) is 4. The Hall–Kier alpha value is -3.24. The Kier molecular flexibility index (Phi) is 5.03. The molecule has 0 saturated carbocycles. The standard InChI is InChI=1S/C19H15F2N5O2S/c20-6-11(7-22)8-26-19(28)25(10-23-26)9-12-4-5-15(29-12)17-13-2-1-3-14(21)16(13)18(27)24-17/h1-6,10H,7-9,22H2/b11-6+. The minimum absolute atomic E-state index is 0.00696. The van der Waals surface area contributed by atoms with Crippen LogP contribution >= 0.6 is 11.3 Å². The number of rotatable bonds is 6. The summed E-state index contributed by atoms with van der Waals surface area (Å²) in [5, 5.41) is 3.98. The molecule has 1 amide bonds. The third kappa shape index (κ3) is 3.47. The molecule has 7 nitrogen and oxygen atoms in total. The van der Waals surface area contributed by atoms with Gasteiger partial charge in [0.05, 0.1) is 35.6 Å². The maximum Gasteiger partial charge on any atom is 0.346 e. The summed E-state index contributed by atoms with van der Waals surface area (Å²) in [4.78, 5) is 30.0. The Labute approximate surface area is 167 Å².